The normalized spacial score (nSPS) is 20.5. The van der Waals surface area contributed by atoms with E-state index in [1.165, 1.54) is 5.56 Å². The van der Waals surface area contributed by atoms with E-state index in [0.29, 0.717) is 0 Å². The number of anilines is 1. The van der Waals surface area contributed by atoms with Gasteiger partial charge in [-0.1, -0.05) is 48.2 Å². The molecule has 0 aliphatic carbocycles. The molecular formula is C19H24N4OS. The van der Waals surface area contributed by atoms with E-state index in [1.54, 1.807) is 18.9 Å². The van der Waals surface area contributed by atoms with Crippen molar-refractivity contribution in [3.8, 4) is 5.75 Å². The molecule has 0 spiro atoms. The molecule has 0 amide bonds. The number of nitrogens with one attached hydrogen (secondary N) is 3. The van der Waals surface area contributed by atoms with Crippen LogP contribution >= 0.6 is 11.8 Å². The first-order valence-corrected chi connectivity index (χ1v) is 9.52. The van der Waals surface area contributed by atoms with E-state index in [1.807, 2.05) is 36.6 Å². The topological polar surface area (TPSA) is 57.7 Å². The minimum atomic E-state index is 0.00822. The minimum absolute atomic E-state index is 0.00822. The fourth-order valence-electron chi connectivity index (χ4n) is 2.89. The van der Waals surface area contributed by atoms with Gasteiger partial charge in [0, 0.05) is 17.7 Å². The molecule has 0 radical (unpaired) electrons. The van der Waals surface area contributed by atoms with Gasteiger partial charge in [0.2, 0.25) is 0 Å². The summed E-state index contributed by atoms with van der Waals surface area (Å²) in [6.07, 6.45) is 2.90. The Balaban J connectivity index is 1.70. The maximum Gasteiger partial charge on any atom is 0.162 e. The van der Waals surface area contributed by atoms with Crippen LogP contribution in [0.15, 0.2) is 53.5 Å². The summed E-state index contributed by atoms with van der Waals surface area (Å²) in [6, 6.07) is 16.5. The van der Waals surface area contributed by atoms with Gasteiger partial charge < -0.3 is 10.1 Å². The molecule has 132 valence electrons. The molecule has 0 bridgehead atoms. The summed E-state index contributed by atoms with van der Waals surface area (Å²) in [4.78, 5) is 4.82. The number of hydrogen-bond acceptors (Lipinski definition) is 5. The highest BCUT2D eigenvalue weighted by Gasteiger charge is 2.27. The number of benzene rings is 2. The van der Waals surface area contributed by atoms with Crippen molar-refractivity contribution in [2.75, 3.05) is 18.7 Å². The Morgan fingerprint density at radius 3 is 2.68 bits per heavy atom. The Kier molecular flexibility index (Phi) is 5.96. The molecule has 1 heterocycles. The third-order valence-electron chi connectivity index (χ3n) is 4.25. The summed E-state index contributed by atoms with van der Waals surface area (Å²) in [5.74, 6) is 0.898. The largest absolute Gasteiger partial charge is 0.496 e. The average Bonchev–Trinajstić information content (AvgIpc) is 3.11. The van der Waals surface area contributed by atoms with Gasteiger partial charge >= 0.3 is 0 Å². The summed E-state index contributed by atoms with van der Waals surface area (Å²) in [5.41, 5.74) is 10.0. The Labute approximate surface area is 153 Å². The standard InChI is InChI=1S/C19H24N4OS/c1-13-8-4-6-10-15(13)20-19(25-3)21-18-12-16(22-23-18)14-9-5-7-11-17(14)24-2/h4-11,16,18,22-23H,12H2,1-3H3,(H,20,21). The minimum Gasteiger partial charge on any atom is -0.496 e. The first-order valence-electron chi connectivity index (χ1n) is 8.29. The molecule has 0 aromatic heterocycles. The Morgan fingerprint density at radius 2 is 1.92 bits per heavy atom. The summed E-state index contributed by atoms with van der Waals surface area (Å²) in [7, 11) is 1.70. The van der Waals surface area contributed by atoms with Crippen molar-refractivity contribution < 1.29 is 4.74 Å². The van der Waals surface area contributed by atoms with Gasteiger partial charge in [0.1, 0.15) is 11.9 Å². The smallest absolute Gasteiger partial charge is 0.162 e. The van der Waals surface area contributed by atoms with E-state index in [0.717, 1.165) is 28.6 Å². The number of hydrazine groups is 1. The predicted octanol–water partition coefficient (Wildman–Crippen LogP) is 3.70. The molecule has 5 nitrogen and oxygen atoms in total. The Hall–Kier alpha value is -2.02. The molecule has 3 N–H and O–H groups in total. The van der Waals surface area contributed by atoms with Crippen molar-refractivity contribution in [2.45, 2.75) is 25.6 Å². The highest BCUT2D eigenvalue weighted by atomic mass is 32.2. The maximum absolute atomic E-state index is 5.47. The van der Waals surface area contributed by atoms with Gasteiger partial charge in [-0.05, 0) is 30.9 Å². The summed E-state index contributed by atoms with van der Waals surface area (Å²) in [5, 5.41) is 4.32. The number of nitrogens with zero attached hydrogens (tertiary/aromatic N) is 1. The zero-order valence-corrected chi connectivity index (χ0v) is 15.6. The van der Waals surface area contributed by atoms with E-state index in [4.69, 9.17) is 9.73 Å². The van der Waals surface area contributed by atoms with E-state index >= 15 is 0 Å². The zero-order valence-electron chi connectivity index (χ0n) is 14.7. The third-order valence-corrected chi connectivity index (χ3v) is 4.84. The molecule has 0 saturated carbocycles. The SMILES string of the molecule is COc1ccccc1C1CC(/N=C(/Nc2ccccc2C)SC)NN1. The van der Waals surface area contributed by atoms with Crippen LogP contribution in [0.3, 0.4) is 0 Å². The van der Waals surface area contributed by atoms with E-state index in [-0.39, 0.29) is 12.2 Å². The van der Waals surface area contributed by atoms with Crippen LogP contribution in [0, 0.1) is 6.92 Å². The highest BCUT2D eigenvalue weighted by molar-refractivity contribution is 8.13. The van der Waals surface area contributed by atoms with Gasteiger partial charge in [-0.15, -0.1) is 0 Å². The molecule has 2 atom stereocenters. The van der Waals surface area contributed by atoms with E-state index < -0.39 is 0 Å². The third kappa shape index (κ3) is 4.34. The molecule has 1 aliphatic heterocycles. The number of ether oxygens (including phenoxy) is 1. The summed E-state index contributed by atoms with van der Waals surface area (Å²) in [6.45, 7) is 2.09. The molecular weight excluding hydrogens is 332 g/mol. The molecule has 1 aliphatic rings. The van der Waals surface area contributed by atoms with Crippen LogP contribution in [-0.4, -0.2) is 24.7 Å². The number of aliphatic imine (C=N–C) groups is 1. The van der Waals surface area contributed by atoms with E-state index in [9.17, 15) is 0 Å². The predicted molar refractivity (Wildman–Crippen MR) is 106 cm³/mol. The van der Waals surface area contributed by atoms with Gasteiger partial charge in [0.25, 0.3) is 0 Å². The fraction of sp³-hybridized carbons (Fsp3) is 0.316. The molecule has 1 fully saturated rings. The number of aryl methyl sites for hydroxylation is 1. The molecule has 2 unspecified atom stereocenters. The Morgan fingerprint density at radius 1 is 1.16 bits per heavy atom. The van der Waals surface area contributed by atoms with Crippen LogP contribution in [-0.2, 0) is 0 Å². The second-order valence-electron chi connectivity index (χ2n) is 5.91. The number of methoxy groups -OCH3 is 1. The number of para-hydroxylation sites is 2. The molecule has 25 heavy (non-hydrogen) atoms. The van der Waals surface area contributed by atoms with Crippen LogP contribution in [0.4, 0.5) is 5.69 Å². The Bertz CT molecular complexity index is 750. The molecule has 2 aromatic carbocycles. The van der Waals surface area contributed by atoms with Crippen molar-refractivity contribution in [2.24, 2.45) is 4.99 Å². The van der Waals surface area contributed by atoms with E-state index in [2.05, 4.69) is 41.3 Å². The van der Waals surface area contributed by atoms with Gasteiger partial charge in [0.15, 0.2) is 5.17 Å². The highest BCUT2D eigenvalue weighted by Crippen LogP contribution is 2.30. The number of rotatable bonds is 4. The van der Waals surface area contributed by atoms with Crippen molar-refractivity contribution in [3.63, 3.8) is 0 Å². The molecule has 3 rings (SSSR count). The van der Waals surface area contributed by atoms with Crippen LogP contribution < -0.4 is 20.9 Å². The number of thioether (sulfide) groups is 1. The lowest BCUT2D eigenvalue weighted by molar-refractivity contribution is 0.402. The lowest BCUT2D eigenvalue weighted by atomic mass is 10.0. The first-order chi connectivity index (χ1) is 12.2. The van der Waals surface area contributed by atoms with Crippen molar-refractivity contribution >= 4 is 22.6 Å². The summed E-state index contributed by atoms with van der Waals surface area (Å²) >= 11 is 1.61. The number of hydrogen-bond donors (Lipinski definition) is 3. The monoisotopic (exact) mass is 356 g/mol. The lowest BCUT2D eigenvalue weighted by Gasteiger charge is -2.14. The van der Waals surface area contributed by atoms with Crippen molar-refractivity contribution in [3.05, 3.63) is 59.7 Å². The van der Waals surface area contributed by atoms with Crippen molar-refractivity contribution in [1.29, 1.82) is 0 Å². The fourth-order valence-corrected chi connectivity index (χ4v) is 3.33. The second-order valence-corrected chi connectivity index (χ2v) is 6.71. The van der Waals surface area contributed by atoms with Crippen molar-refractivity contribution in [1.82, 2.24) is 10.9 Å². The van der Waals surface area contributed by atoms with Crippen LogP contribution in [0.25, 0.3) is 0 Å². The quantitative estimate of drug-likeness (QED) is 0.576. The van der Waals surface area contributed by atoms with Crippen LogP contribution in [0.5, 0.6) is 5.75 Å². The van der Waals surface area contributed by atoms with Crippen LogP contribution in [0.1, 0.15) is 23.6 Å². The zero-order chi connectivity index (χ0) is 17.6. The molecule has 6 heteroatoms. The van der Waals surface area contributed by atoms with Gasteiger partial charge in [-0.2, -0.15) is 0 Å². The van der Waals surface area contributed by atoms with Gasteiger partial charge in [-0.3, -0.25) is 0 Å². The number of amidine groups is 1. The summed E-state index contributed by atoms with van der Waals surface area (Å²) < 4.78 is 5.47. The molecule has 1 saturated heterocycles. The van der Waals surface area contributed by atoms with Gasteiger partial charge in [-0.25, -0.2) is 15.8 Å². The maximum atomic E-state index is 5.47. The lowest BCUT2D eigenvalue weighted by Crippen LogP contribution is -2.30. The molecule has 2 aromatic rings. The van der Waals surface area contributed by atoms with Gasteiger partial charge in [0.05, 0.1) is 13.2 Å². The first kappa shape index (κ1) is 17.8. The average molecular weight is 356 g/mol. The second kappa shape index (κ2) is 8.38. The van der Waals surface area contributed by atoms with Crippen LogP contribution in [0.2, 0.25) is 0 Å².